The lowest BCUT2D eigenvalue weighted by Gasteiger charge is -2.26. The molecular formula is C13H20N2O4. The van der Waals surface area contributed by atoms with E-state index in [2.05, 4.69) is 0 Å². The molecule has 0 aliphatic rings. The molecule has 0 radical (unpaired) electrons. The Morgan fingerprint density at radius 2 is 2.16 bits per heavy atom. The summed E-state index contributed by atoms with van der Waals surface area (Å²) < 4.78 is 6.43. The van der Waals surface area contributed by atoms with E-state index in [1.54, 1.807) is 30.3 Å². The van der Waals surface area contributed by atoms with Gasteiger partial charge in [-0.3, -0.25) is 9.59 Å². The highest BCUT2D eigenvalue weighted by Crippen LogP contribution is 2.10. The van der Waals surface area contributed by atoms with Crippen LogP contribution in [-0.4, -0.2) is 52.8 Å². The zero-order valence-electron chi connectivity index (χ0n) is 11.5. The van der Waals surface area contributed by atoms with Crippen LogP contribution in [0.5, 0.6) is 0 Å². The van der Waals surface area contributed by atoms with Gasteiger partial charge in [0.1, 0.15) is 12.2 Å². The standard InChI is InChI=1S/C13H20N2O4/c1-10(2)15(7-8-19-3)13(18)11-5-4-6-14(11)9-12(16)17/h4-6,10H,7-9H2,1-3H3,(H,16,17). The number of hydrogen-bond acceptors (Lipinski definition) is 3. The lowest BCUT2D eigenvalue weighted by atomic mass is 10.2. The van der Waals surface area contributed by atoms with Gasteiger partial charge in [-0.1, -0.05) is 0 Å². The van der Waals surface area contributed by atoms with Gasteiger partial charge in [-0.05, 0) is 26.0 Å². The Morgan fingerprint density at radius 1 is 1.47 bits per heavy atom. The minimum absolute atomic E-state index is 0.0239. The van der Waals surface area contributed by atoms with E-state index in [-0.39, 0.29) is 18.5 Å². The first-order valence-electron chi connectivity index (χ1n) is 6.14. The number of hydrogen-bond donors (Lipinski definition) is 1. The minimum atomic E-state index is -0.974. The fourth-order valence-electron chi connectivity index (χ4n) is 1.82. The molecule has 1 aromatic rings. The molecule has 106 valence electrons. The van der Waals surface area contributed by atoms with Crippen LogP contribution in [-0.2, 0) is 16.1 Å². The summed E-state index contributed by atoms with van der Waals surface area (Å²) in [6.07, 6.45) is 1.59. The second kappa shape index (κ2) is 6.94. The Morgan fingerprint density at radius 3 is 2.68 bits per heavy atom. The van der Waals surface area contributed by atoms with Gasteiger partial charge in [-0.15, -0.1) is 0 Å². The maximum atomic E-state index is 12.4. The van der Waals surface area contributed by atoms with Crippen molar-refractivity contribution in [1.82, 2.24) is 9.47 Å². The van der Waals surface area contributed by atoms with E-state index in [1.807, 2.05) is 13.8 Å². The van der Waals surface area contributed by atoms with Gasteiger partial charge in [0, 0.05) is 25.9 Å². The number of aromatic nitrogens is 1. The van der Waals surface area contributed by atoms with Gasteiger partial charge in [0.15, 0.2) is 0 Å². The number of rotatable bonds is 7. The van der Waals surface area contributed by atoms with Crippen molar-refractivity contribution in [2.75, 3.05) is 20.3 Å². The first kappa shape index (κ1) is 15.2. The molecular weight excluding hydrogens is 248 g/mol. The predicted molar refractivity (Wildman–Crippen MR) is 70.1 cm³/mol. The molecule has 1 heterocycles. The van der Waals surface area contributed by atoms with Gasteiger partial charge < -0.3 is 19.3 Å². The Hall–Kier alpha value is -1.82. The summed E-state index contributed by atoms with van der Waals surface area (Å²) in [5, 5.41) is 8.81. The maximum Gasteiger partial charge on any atom is 0.323 e. The first-order chi connectivity index (χ1) is 8.97. The lowest BCUT2D eigenvalue weighted by Crippen LogP contribution is -2.40. The van der Waals surface area contributed by atoms with Crippen molar-refractivity contribution in [3.8, 4) is 0 Å². The Kier molecular flexibility index (Phi) is 5.57. The van der Waals surface area contributed by atoms with Gasteiger partial charge >= 0.3 is 5.97 Å². The van der Waals surface area contributed by atoms with Gasteiger partial charge in [0.25, 0.3) is 5.91 Å². The van der Waals surface area contributed by atoms with Crippen molar-refractivity contribution < 1.29 is 19.4 Å². The van der Waals surface area contributed by atoms with E-state index in [0.717, 1.165) is 0 Å². The third-order valence-electron chi connectivity index (χ3n) is 2.77. The van der Waals surface area contributed by atoms with Crippen molar-refractivity contribution in [3.05, 3.63) is 24.0 Å². The highest BCUT2D eigenvalue weighted by Gasteiger charge is 2.21. The molecule has 0 spiro atoms. The molecule has 1 rings (SSSR count). The van der Waals surface area contributed by atoms with E-state index in [0.29, 0.717) is 18.8 Å². The smallest absolute Gasteiger partial charge is 0.323 e. The fraction of sp³-hybridized carbons (Fsp3) is 0.538. The second-order valence-corrected chi connectivity index (χ2v) is 4.50. The summed E-state index contributed by atoms with van der Waals surface area (Å²) >= 11 is 0. The number of carboxylic acid groups (broad SMARTS) is 1. The number of nitrogens with zero attached hydrogens (tertiary/aromatic N) is 2. The molecule has 1 aromatic heterocycles. The largest absolute Gasteiger partial charge is 0.480 e. The molecule has 1 amide bonds. The molecule has 19 heavy (non-hydrogen) atoms. The van der Waals surface area contributed by atoms with Crippen LogP contribution in [0.4, 0.5) is 0 Å². The molecule has 1 N–H and O–H groups in total. The summed E-state index contributed by atoms with van der Waals surface area (Å²) in [7, 11) is 1.58. The van der Waals surface area contributed by atoms with Gasteiger partial charge in [0.05, 0.1) is 6.61 Å². The van der Waals surface area contributed by atoms with Gasteiger partial charge in [-0.2, -0.15) is 0 Å². The van der Waals surface area contributed by atoms with Gasteiger partial charge in [-0.25, -0.2) is 0 Å². The van der Waals surface area contributed by atoms with Crippen LogP contribution in [0.1, 0.15) is 24.3 Å². The van der Waals surface area contributed by atoms with Gasteiger partial charge in [0.2, 0.25) is 0 Å². The fourth-order valence-corrected chi connectivity index (χ4v) is 1.82. The van der Waals surface area contributed by atoms with Crippen LogP contribution in [0, 0.1) is 0 Å². The number of carbonyl (C=O) groups is 2. The zero-order chi connectivity index (χ0) is 14.4. The molecule has 0 bridgehead atoms. The van der Waals surface area contributed by atoms with Crippen LogP contribution in [0.2, 0.25) is 0 Å². The Bertz CT molecular complexity index is 440. The SMILES string of the molecule is COCCN(C(=O)c1cccn1CC(=O)O)C(C)C. The van der Waals surface area contributed by atoms with Crippen LogP contribution < -0.4 is 0 Å². The van der Waals surface area contributed by atoms with Crippen LogP contribution in [0.15, 0.2) is 18.3 Å². The van der Waals surface area contributed by atoms with E-state index in [1.165, 1.54) is 4.57 Å². The maximum absolute atomic E-state index is 12.4. The average molecular weight is 268 g/mol. The van der Waals surface area contributed by atoms with Crippen molar-refractivity contribution in [2.24, 2.45) is 0 Å². The summed E-state index contributed by atoms with van der Waals surface area (Å²) in [5.41, 5.74) is 0.382. The summed E-state index contributed by atoms with van der Waals surface area (Å²) in [6.45, 7) is 4.54. The summed E-state index contributed by atoms with van der Waals surface area (Å²) in [5.74, 6) is -1.16. The topological polar surface area (TPSA) is 71.8 Å². The highest BCUT2D eigenvalue weighted by atomic mass is 16.5. The molecule has 6 heteroatoms. The van der Waals surface area contributed by atoms with E-state index in [4.69, 9.17) is 9.84 Å². The molecule has 6 nitrogen and oxygen atoms in total. The molecule has 0 atom stereocenters. The average Bonchev–Trinajstić information content (AvgIpc) is 2.76. The third-order valence-corrected chi connectivity index (χ3v) is 2.77. The number of carbonyl (C=O) groups excluding carboxylic acids is 1. The van der Waals surface area contributed by atoms with Crippen LogP contribution in [0.25, 0.3) is 0 Å². The van der Waals surface area contributed by atoms with Crippen LogP contribution >= 0.6 is 0 Å². The van der Waals surface area contributed by atoms with Crippen molar-refractivity contribution in [3.63, 3.8) is 0 Å². The molecule has 0 unspecified atom stereocenters. The monoisotopic (exact) mass is 268 g/mol. The molecule has 0 aliphatic heterocycles. The van der Waals surface area contributed by atoms with Crippen molar-refractivity contribution >= 4 is 11.9 Å². The van der Waals surface area contributed by atoms with E-state index in [9.17, 15) is 9.59 Å². The van der Waals surface area contributed by atoms with Crippen molar-refractivity contribution in [2.45, 2.75) is 26.4 Å². The molecule has 0 fully saturated rings. The lowest BCUT2D eigenvalue weighted by molar-refractivity contribution is -0.137. The number of amides is 1. The molecule has 0 aromatic carbocycles. The van der Waals surface area contributed by atoms with E-state index >= 15 is 0 Å². The van der Waals surface area contributed by atoms with E-state index < -0.39 is 5.97 Å². The number of aliphatic carboxylic acids is 1. The second-order valence-electron chi connectivity index (χ2n) is 4.50. The minimum Gasteiger partial charge on any atom is -0.480 e. The Balaban J connectivity index is 2.90. The number of carboxylic acids is 1. The highest BCUT2D eigenvalue weighted by molar-refractivity contribution is 5.93. The normalized spacial score (nSPS) is 10.7. The summed E-state index contributed by atoms with van der Waals surface area (Å²) in [6, 6.07) is 3.33. The Labute approximate surface area is 112 Å². The molecule has 0 saturated carbocycles. The molecule has 0 aliphatic carbocycles. The summed E-state index contributed by atoms with van der Waals surface area (Å²) in [4.78, 5) is 24.8. The molecule has 0 saturated heterocycles. The predicted octanol–water partition coefficient (Wildman–Crippen LogP) is 1.07. The quantitative estimate of drug-likeness (QED) is 0.803. The van der Waals surface area contributed by atoms with Crippen molar-refractivity contribution in [1.29, 1.82) is 0 Å². The van der Waals surface area contributed by atoms with Crippen LogP contribution in [0.3, 0.4) is 0 Å². The number of ether oxygens (including phenoxy) is 1. The third kappa shape index (κ3) is 4.10. The zero-order valence-corrected chi connectivity index (χ0v) is 11.5. The number of methoxy groups -OCH3 is 1. The first-order valence-corrected chi connectivity index (χ1v) is 6.14.